The maximum Gasteiger partial charge on any atom is 0.359 e. The number of hydrogen-bond donors (Lipinski definition) is 1. The van der Waals surface area contributed by atoms with Crippen molar-refractivity contribution in [2.24, 2.45) is 0 Å². The van der Waals surface area contributed by atoms with Gasteiger partial charge in [0.15, 0.2) is 16.7 Å². The van der Waals surface area contributed by atoms with E-state index in [1.54, 1.807) is 55.0 Å². The summed E-state index contributed by atoms with van der Waals surface area (Å²) in [5.74, 6) is -0.382. The van der Waals surface area contributed by atoms with Crippen LogP contribution in [-0.2, 0) is 4.74 Å². The molecular weight excluding hydrogens is 426 g/mol. The highest BCUT2D eigenvalue weighted by Gasteiger charge is 2.28. The van der Waals surface area contributed by atoms with E-state index in [4.69, 9.17) is 21.1 Å². The van der Waals surface area contributed by atoms with Crippen LogP contribution in [-0.4, -0.2) is 41.4 Å². The molecule has 156 valence electrons. The predicted octanol–water partition coefficient (Wildman–Crippen LogP) is 4.69. The lowest BCUT2D eigenvalue weighted by molar-refractivity contribution is 0.0517. The third-order valence-corrected chi connectivity index (χ3v) is 5.05. The third-order valence-electron chi connectivity index (χ3n) is 4.16. The molecule has 30 heavy (non-hydrogen) atoms. The molecule has 3 aromatic rings. The molecule has 0 radical (unpaired) electrons. The molecule has 0 bridgehead atoms. The van der Waals surface area contributed by atoms with Crippen LogP contribution in [0.1, 0.15) is 27.8 Å². The van der Waals surface area contributed by atoms with Crippen molar-refractivity contribution in [2.75, 3.05) is 25.3 Å². The molecule has 1 aromatic heterocycles. The van der Waals surface area contributed by atoms with E-state index in [9.17, 15) is 9.59 Å². The number of halogens is 1. The van der Waals surface area contributed by atoms with Crippen molar-refractivity contribution in [3.63, 3.8) is 0 Å². The standard InChI is InChI=1S/C21H20ClN3O4S/c1-4-29-20(27)17-18(23-19(26)13-9-11-14(22)12-10-13)24-21(30-3)25(17)15-7-5-6-8-16(15)28-2/h5-12H,4H2,1-3H3,(H,23,26). The molecule has 1 N–H and O–H groups in total. The van der Waals surface area contributed by atoms with Crippen LogP contribution in [0.4, 0.5) is 5.82 Å². The number of benzene rings is 2. The Hall–Kier alpha value is -2.97. The molecular formula is C21H20ClN3O4S. The van der Waals surface area contributed by atoms with Crippen LogP contribution in [0.3, 0.4) is 0 Å². The molecule has 0 aliphatic carbocycles. The lowest BCUT2D eigenvalue weighted by Gasteiger charge is -2.14. The average Bonchev–Trinajstić information content (AvgIpc) is 3.12. The average molecular weight is 446 g/mol. The smallest absolute Gasteiger partial charge is 0.359 e. The maximum absolute atomic E-state index is 12.8. The summed E-state index contributed by atoms with van der Waals surface area (Å²) in [4.78, 5) is 30.1. The number of carbonyl (C=O) groups is 2. The molecule has 0 saturated heterocycles. The number of anilines is 1. The second kappa shape index (κ2) is 9.69. The third kappa shape index (κ3) is 4.44. The van der Waals surface area contributed by atoms with Gasteiger partial charge in [-0.05, 0) is 49.6 Å². The molecule has 1 heterocycles. The zero-order chi connectivity index (χ0) is 21.7. The molecule has 0 unspecified atom stereocenters. The first-order valence-corrected chi connectivity index (χ1v) is 10.6. The van der Waals surface area contributed by atoms with E-state index in [-0.39, 0.29) is 18.1 Å². The van der Waals surface area contributed by atoms with Gasteiger partial charge in [0.05, 0.1) is 19.4 Å². The normalized spacial score (nSPS) is 10.5. The van der Waals surface area contributed by atoms with Gasteiger partial charge in [-0.1, -0.05) is 35.5 Å². The van der Waals surface area contributed by atoms with Crippen LogP contribution in [0.25, 0.3) is 5.69 Å². The van der Waals surface area contributed by atoms with Crippen LogP contribution in [0, 0.1) is 0 Å². The van der Waals surface area contributed by atoms with Crippen LogP contribution in [0.5, 0.6) is 5.75 Å². The van der Waals surface area contributed by atoms with E-state index in [0.717, 1.165) is 0 Å². The Morgan fingerprint density at radius 3 is 2.50 bits per heavy atom. The highest BCUT2D eigenvalue weighted by atomic mass is 35.5. The van der Waals surface area contributed by atoms with E-state index in [2.05, 4.69) is 10.3 Å². The molecule has 9 heteroatoms. The van der Waals surface area contributed by atoms with E-state index in [1.807, 2.05) is 18.4 Å². The number of aromatic nitrogens is 2. The van der Waals surface area contributed by atoms with Crippen molar-refractivity contribution in [1.82, 2.24) is 9.55 Å². The fourth-order valence-corrected chi connectivity index (χ4v) is 3.51. The zero-order valence-electron chi connectivity index (χ0n) is 16.6. The molecule has 0 atom stereocenters. The van der Waals surface area contributed by atoms with E-state index >= 15 is 0 Å². The highest BCUT2D eigenvalue weighted by Crippen LogP contribution is 2.33. The topological polar surface area (TPSA) is 82.5 Å². The Bertz CT molecular complexity index is 1070. The molecule has 0 fully saturated rings. The molecule has 3 rings (SSSR count). The molecule has 0 aliphatic rings. The SMILES string of the molecule is CCOC(=O)c1c(NC(=O)c2ccc(Cl)cc2)nc(SC)n1-c1ccccc1OC. The lowest BCUT2D eigenvalue weighted by Crippen LogP contribution is -2.18. The Labute approximate surface area is 183 Å². The molecule has 0 saturated carbocycles. The summed E-state index contributed by atoms with van der Waals surface area (Å²) in [5, 5.41) is 3.73. The number of amides is 1. The summed E-state index contributed by atoms with van der Waals surface area (Å²) in [6, 6.07) is 13.6. The van der Waals surface area contributed by atoms with Crippen molar-refractivity contribution in [3.05, 3.63) is 64.8 Å². The molecule has 0 aliphatic heterocycles. The summed E-state index contributed by atoms with van der Waals surface area (Å²) in [5.41, 5.74) is 1.09. The number of rotatable bonds is 7. The van der Waals surface area contributed by atoms with E-state index in [1.165, 1.54) is 11.8 Å². The Balaban J connectivity index is 2.13. The summed E-state index contributed by atoms with van der Waals surface area (Å²) in [7, 11) is 1.54. The minimum Gasteiger partial charge on any atom is -0.495 e. The van der Waals surface area contributed by atoms with Gasteiger partial charge in [-0.25, -0.2) is 9.78 Å². The van der Waals surface area contributed by atoms with Gasteiger partial charge in [0.2, 0.25) is 0 Å². The highest BCUT2D eigenvalue weighted by molar-refractivity contribution is 7.98. The number of carbonyl (C=O) groups excluding carboxylic acids is 2. The number of methoxy groups -OCH3 is 1. The van der Waals surface area contributed by atoms with Gasteiger partial charge in [-0.3, -0.25) is 9.36 Å². The first kappa shape index (κ1) is 21.7. The first-order chi connectivity index (χ1) is 14.5. The van der Waals surface area contributed by atoms with Crippen LogP contribution >= 0.6 is 23.4 Å². The minimum absolute atomic E-state index is 0.101. The molecule has 2 aromatic carbocycles. The summed E-state index contributed by atoms with van der Waals surface area (Å²) in [6.45, 7) is 1.89. The maximum atomic E-state index is 12.8. The number of esters is 1. The Morgan fingerprint density at radius 1 is 1.17 bits per heavy atom. The quantitative estimate of drug-likeness (QED) is 0.420. The molecule has 1 amide bonds. The van der Waals surface area contributed by atoms with Gasteiger partial charge in [0.25, 0.3) is 5.91 Å². The summed E-state index contributed by atoms with van der Waals surface area (Å²) >= 11 is 7.22. The molecule has 0 spiro atoms. The second-order valence-electron chi connectivity index (χ2n) is 5.98. The van der Waals surface area contributed by atoms with Gasteiger partial charge in [0, 0.05) is 10.6 Å². The number of hydrogen-bond acceptors (Lipinski definition) is 6. The van der Waals surface area contributed by atoms with Crippen LogP contribution in [0.2, 0.25) is 5.02 Å². The number of nitrogens with zero attached hydrogens (tertiary/aromatic N) is 2. The van der Waals surface area contributed by atoms with Gasteiger partial charge < -0.3 is 14.8 Å². The monoisotopic (exact) mass is 445 g/mol. The fraction of sp³-hybridized carbons (Fsp3) is 0.190. The summed E-state index contributed by atoms with van der Waals surface area (Å²) < 4.78 is 12.3. The number of ether oxygens (including phenoxy) is 2. The van der Waals surface area contributed by atoms with Gasteiger partial charge in [-0.15, -0.1) is 0 Å². The predicted molar refractivity (Wildman–Crippen MR) is 117 cm³/mol. The van der Waals surface area contributed by atoms with E-state index in [0.29, 0.717) is 27.2 Å². The zero-order valence-corrected chi connectivity index (χ0v) is 18.2. The van der Waals surface area contributed by atoms with Crippen molar-refractivity contribution in [3.8, 4) is 11.4 Å². The Morgan fingerprint density at radius 2 is 1.87 bits per heavy atom. The largest absolute Gasteiger partial charge is 0.495 e. The van der Waals surface area contributed by atoms with Crippen molar-refractivity contribution >= 4 is 41.1 Å². The number of imidazole rings is 1. The van der Waals surface area contributed by atoms with Gasteiger partial charge >= 0.3 is 5.97 Å². The van der Waals surface area contributed by atoms with Crippen LogP contribution in [0.15, 0.2) is 53.7 Å². The van der Waals surface area contributed by atoms with Crippen LogP contribution < -0.4 is 10.1 Å². The van der Waals surface area contributed by atoms with Gasteiger partial charge in [-0.2, -0.15) is 0 Å². The number of thioether (sulfide) groups is 1. The number of para-hydroxylation sites is 2. The van der Waals surface area contributed by atoms with Crippen molar-refractivity contribution in [1.29, 1.82) is 0 Å². The Kier molecular flexibility index (Phi) is 7.02. The minimum atomic E-state index is -0.609. The number of nitrogens with one attached hydrogen (secondary N) is 1. The van der Waals surface area contributed by atoms with E-state index < -0.39 is 11.9 Å². The lowest BCUT2D eigenvalue weighted by atomic mass is 10.2. The van der Waals surface area contributed by atoms with Crippen molar-refractivity contribution < 1.29 is 19.1 Å². The second-order valence-corrected chi connectivity index (χ2v) is 7.19. The first-order valence-electron chi connectivity index (χ1n) is 9.04. The fourth-order valence-electron chi connectivity index (χ4n) is 2.83. The van der Waals surface area contributed by atoms with Gasteiger partial charge in [0.1, 0.15) is 5.75 Å². The molecule has 7 nitrogen and oxygen atoms in total. The van der Waals surface area contributed by atoms with Crippen molar-refractivity contribution in [2.45, 2.75) is 12.1 Å². The summed E-state index contributed by atoms with van der Waals surface area (Å²) in [6.07, 6.45) is 1.83.